The molecule has 2 fully saturated rings. The Labute approximate surface area is 193 Å². The number of thiophene rings is 1. The smallest absolute Gasteiger partial charge is 0.250 e. The van der Waals surface area contributed by atoms with Gasteiger partial charge in [0.05, 0.1) is 13.3 Å². The van der Waals surface area contributed by atoms with E-state index in [2.05, 4.69) is 63.7 Å². The molecule has 3 heterocycles. The zero-order chi connectivity index (χ0) is 22.0. The van der Waals surface area contributed by atoms with Crippen LogP contribution in [0.15, 0.2) is 72.1 Å². The fourth-order valence-corrected chi connectivity index (χ4v) is 5.93. The van der Waals surface area contributed by atoms with Crippen LogP contribution in [0.1, 0.15) is 18.4 Å². The number of anilines is 1. The van der Waals surface area contributed by atoms with Gasteiger partial charge in [-0.2, -0.15) is 0 Å². The Kier molecular flexibility index (Phi) is 6.00. The first kappa shape index (κ1) is 21.2. The molecule has 0 bridgehead atoms. The van der Waals surface area contributed by atoms with Crippen LogP contribution in [0, 0.1) is 0 Å². The maximum atomic E-state index is 13.5. The zero-order valence-electron chi connectivity index (χ0n) is 18.2. The Balaban J connectivity index is 1.35. The van der Waals surface area contributed by atoms with Gasteiger partial charge in [-0.25, -0.2) is 0 Å². The summed E-state index contributed by atoms with van der Waals surface area (Å²) in [6.07, 6.45) is 1.59. The lowest BCUT2D eigenvalue weighted by Gasteiger charge is -2.43. The fourth-order valence-electron chi connectivity index (χ4n) is 5.15. The summed E-state index contributed by atoms with van der Waals surface area (Å²) in [7, 11) is 0. The van der Waals surface area contributed by atoms with E-state index < -0.39 is 5.54 Å². The predicted octanol–water partition coefficient (Wildman–Crippen LogP) is 4.05. The van der Waals surface area contributed by atoms with Crippen molar-refractivity contribution >= 4 is 22.9 Å². The molecule has 0 saturated carbocycles. The van der Waals surface area contributed by atoms with Crippen LogP contribution in [0.2, 0.25) is 0 Å². The number of amides is 1. The topological polar surface area (TPSA) is 47.0 Å². The van der Waals surface area contributed by atoms with Crippen LogP contribution in [0.3, 0.4) is 0 Å². The zero-order valence-corrected chi connectivity index (χ0v) is 19.0. The Hall–Kier alpha value is -2.67. The highest BCUT2D eigenvalue weighted by atomic mass is 32.1. The van der Waals surface area contributed by atoms with Gasteiger partial charge in [-0.05, 0) is 47.5 Å². The van der Waals surface area contributed by atoms with Gasteiger partial charge >= 0.3 is 0 Å². The summed E-state index contributed by atoms with van der Waals surface area (Å²) in [4.78, 5) is 21.3. The van der Waals surface area contributed by atoms with E-state index in [1.165, 1.54) is 16.0 Å². The number of hydrogen-bond donors (Lipinski definition) is 1. The lowest BCUT2D eigenvalue weighted by Crippen LogP contribution is -2.56. The van der Waals surface area contributed by atoms with Gasteiger partial charge in [0.15, 0.2) is 0 Å². The number of rotatable bonds is 6. The number of carbonyl (C=O) groups excluding carboxylic acids is 1. The van der Waals surface area contributed by atoms with Gasteiger partial charge in [0, 0.05) is 36.7 Å². The molecule has 2 saturated heterocycles. The monoisotopic (exact) mass is 447 g/mol. The Morgan fingerprint density at radius 2 is 1.69 bits per heavy atom. The molecule has 166 valence electrons. The molecule has 32 heavy (non-hydrogen) atoms. The highest BCUT2D eigenvalue weighted by molar-refractivity contribution is 7.13. The third-order valence-corrected chi connectivity index (χ3v) is 7.74. The largest absolute Gasteiger partial charge is 0.395 e. The van der Waals surface area contributed by atoms with Gasteiger partial charge in [-0.3, -0.25) is 9.69 Å². The molecule has 0 unspecified atom stereocenters. The van der Waals surface area contributed by atoms with Crippen LogP contribution in [-0.4, -0.2) is 59.3 Å². The molecule has 1 amide bonds. The number of benzene rings is 2. The molecule has 2 aromatic carbocycles. The van der Waals surface area contributed by atoms with Crippen LogP contribution < -0.4 is 4.90 Å². The normalized spacial score (nSPS) is 18.6. The van der Waals surface area contributed by atoms with E-state index in [9.17, 15) is 9.90 Å². The second-order valence-corrected chi connectivity index (χ2v) is 9.59. The van der Waals surface area contributed by atoms with Crippen LogP contribution in [-0.2, 0) is 11.3 Å². The molecule has 3 aromatic rings. The van der Waals surface area contributed by atoms with Crippen molar-refractivity contribution in [1.82, 2.24) is 9.80 Å². The average Bonchev–Trinajstić information content (AvgIpc) is 3.45. The van der Waals surface area contributed by atoms with Gasteiger partial charge in [0.2, 0.25) is 5.91 Å². The number of aliphatic hydroxyl groups excluding tert-OH is 1. The number of hydrogen-bond acceptors (Lipinski definition) is 5. The minimum Gasteiger partial charge on any atom is -0.395 e. The average molecular weight is 448 g/mol. The fraction of sp³-hybridized carbons (Fsp3) is 0.346. The van der Waals surface area contributed by atoms with Crippen molar-refractivity contribution in [3.05, 3.63) is 77.7 Å². The van der Waals surface area contributed by atoms with Crippen molar-refractivity contribution in [2.24, 2.45) is 0 Å². The van der Waals surface area contributed by atoms with Crippen molar-refractivity contribution in [3.8, 4) is 10.4 Å². The van der Waals surface area contributed by atoms with Crippen LogP contribution in [0.25, 0.3) is 10.4 Å². The highest BCUT2D eigenvalue weighted by Crippen LogP contribution is 2.40. The van der Waals surface area contributed by atoms with Crippen molar-refractivity contribution in [3.63, 3.8) is 0 Å². The van der Waals surface area contributed by atoms with Gasteiger partial charge < -0.3 is 14.9 Å². The molecule has 2 aliphatic heterocycles. The highest BCUT2D eigenvalue weighted by Gasteiger charge is 2.53. The molecule has 0 aliphatic carbocycles. The summed E-state index contributed by atoms with van der Waals surface area (Å²) in [6.45, 7) is 3.58. The molecule has 5 rings (SSSR count). The molecule has 1 aromatic heterocycles. The van der Waals surface area contributed by atoms with Crippen LogP contribution >= 0.6 is 11.3 Å². The van der Waals surface area contributed by atoms with E-state index in [-0.39, 0.29) is 12.5 Å². The predicted molar refractivity (Wildman–Crippen MR) is 130 cm³/mol. The van der Waals surface area contributed by atoms with Gasteiger partial charge in [-0.1, -0.05) is 48.5 Å². The van der Waals surface area contributed by atoms with Crippen molar-refractivity contribution in [2.75, 3.05) is 37.8 Å². The second kappa shape index (κ2) is 9.06. The van der Waals surface area contributed by atoms with Crippen molar-refractivity contribution in [2.45, 2.75) is 24.9 Å². The van der Waals surface area contributed by atoms with Gasteiger partial charge in [-0.15, -0.1) is 11.3 Å². The number of likely N-dealkylation sites (tertiary alicyclic amines) is 1. The van der Waals surface area contributed by atoms with Crippen molar-refractivity contribution < 1.29 is 9.90 Å². The van der Waals surface area contributed by atoms with Crippen molar-refractivity contribution in [1.29, 1.82) is 0 Å². The van der Waals surface area contributed by atoms with Gasteiger partial charge in [0.1, 0.15) is 5.54 Å². The molecular weight excluding hydrogens is 418 g/mol. The molecule has 6 heteroatoms. The first-order valence-electron chi connectivity index (χ1n) is 11.3. The molecule has 1 N–H and O–H groups in total. The number of aliphatic hydroxyl groups is 1. The third kappa shape index (κ3) is 3.83. The van der Waals surface area contributed by atoms with E-state index in [0.29, 0.717) is 13.2 Å². The molecule has 5 nitrogen and oxygen atoms in total. The molecule has 2 aliphatic rings. The molecule has 0 radical (unpaired) electrons. The van der Waals surface area contributed by atoms with Crippen LogP contribution in [0.4, 0.5) is 5.69 Å². The van der Waals surface area contributed by atoms with E-state index in [0.717, 1.165) is 38.2 Å². The standard InChI is InChI=1S/C26H29N3O2S/c30-17-16-28-20-29(22-8-2-1-3-9-22)26(25(28)31)12-14-27(15-13-26)19-21-7-4-5-10-23(21)24-11-6-18-32-24/h1-11,18,30H,12-17,19-20H2. The minimum absolute atomic E-state index is 0.00389. The Morgan fingerprint density at radius 3 is 2.41 bits per heavy atom. The van der Waals surface area contributed by atoms with E-state index in [1.54, 1.807) is 11.3 Å². The van der Waals surface area contributed by atoms with Crippen LogP contribution in [0.5, 0.6) is 0 Å². The van der Waals surface area contributed by atoms with Gasteiger partial charge in [0.25, 0.3) is 0 Å². The summed E-state index contributed by atoms with van der Waals surface area (Å²) in [5.41, 5.74) is 3.21. The first-order valence-corrected chi connectivity index (χ1v) is 12.2. The van der Waals surface area contributed by atoms with E-state index in [1.807, 2.05) is 23.1 Å². The number of carbonyl (C=O) groups is 1. The number of piperidine rings is 1. The lowest BCUT2D eigenvalue weighted by atomic mass is 9.85. The Morgan fingerprint density at radius 1 is 0.938 bits per heavy atom. The molecule has 1 spiro atoms. The third-order valence-electron chi connectivity index (χ3n) is 6.83. The summed E-state index contributed by atoms with van der Waals surface area (Å²) in [6, 6.07) is 23.2. The number of nitrogens with zero attached hydrogens (tertiary/aromatic N) is 3. The summed E-state index contributed by atoms with van der Waals surface area (Å²) >= 11 is 1.77. The SMILES string of the molecule is O=C1N(CCO)CN(c2ccccc2)C12CCN(Cc1ccccc1-c1cccs1)CC2. The summed E-state index contributed by atoms with van der Waals surface area (Å²) in [5, 5.41) is 11.6. The Bertz CT molecular complexity index is 1050. The number of β-amino-alcohol motifs (C(OH)–C–C–N with tert-alkyl or cyclic N) is 1. The first-order chi connectivity index (χ1) is 15.7. The molecular formula is C26H29N3O2S. The van der Waals surface area contributed by atoms with E-state index in [4.69, 9.17) is 0 Å². The summed E-state index contributed by atoms with van der Waals surface area (Å²) < 4.78 is 0. The second-order valence-electron chi connectivity index (χ2n) is 8.64. The quantitative estimate of drug-likeness (QED) is 0.619. The maximum Gasteiger partial charge on any atom is 0.250 e. The maximum absolute atomic E-state index is 13.5. The number of para-hydroxylation sites is 1. The lowest BCUT2D eigenvalue weighted by molar-refractivity contribution is -0.134. The summed E-state index contributed by atoms with van der Waals surface area (Å²) in [5.74, 6) is 0.161. The molecule has 0 atom stereocenters. The van der Waals surface area contributed by atoms with E-state index >= 15 is 0 Å². The minimum atomic E-state index is -0.514.